The molecule has 2 heterocycles. The van der Waals surface area contributed by atoms with Crippen LogP contribution in [0.2, 0.25) is 0 Å². The summed E-state index contributed by atoms with van der Waals surface area (Å²) in [5.74, 6) is -0.890. The number of aromatic nitrogens is 1. The molecule has 1 N–H and O–H groups in total. The minimum absolute atomic E-state index is 0.202. The maximum absolute atomic E-state index is 13.1. The zero-order valence-electron chi connectivity index (χ0n) is 11.5. The van der Waals surface area contributed by atoms with E-state index in [0.717, 1.165) is 43.9 Å². The number of carbonyl (C=O) groups excluding carboxylic acids is 1. The summed E-state index contributed by atoms with van der Waals surface area (Å²) >= 11 is 1.49. The second-order valence-electron chi connectivity index (χ2n) is 4.60. The van der Waals surface area contributed by atoms with Crippen molar-refractivity contribution in [3.05, 3.63) is 50.5 Å². The van der Waals surface area contributed by atoms with E-state index in [0.29, 0.717) is 0 Å². The number of rotatable bonds is 3. The molecular weight excluding hydrogens is 279 g/mol. The van der Waals surface area contributed by atoms with E-state index in [4.69, 9.17) is 0 Å². The summed E-state index contributed by atoms with van der Waals surface area (Å²) in [5.41, 5.74) is 1.76. The molecule has 2 aromatic heterocycles. The molecule has 0 unspecified atom stereocenters. The molecule has 0 aliphatic rings. The van der Waals surface area contributed by atoms with Crippen molar-refractivity contribution >= 4 is 22.2 Å². The Hall–Kier alpha value is -1.95. The Kier molecular flexibility index (Phi) is 4.04. The molecule has 0 atom stereocenters. The first kappa shape index (κ1) is 14.5. The fourth-order valence-electron chi connectivity index (χ4n) is 1.81. The Morgan fingerprint density at radius 3 is 2.60 bits per heavy atom. The van der Waals surface area contributed by atoms with Crippen molar-refractivity contribution in [2.24, 2.45) is 0 Å². The van der Waals surface area contributed by atoms with Crippen molar-refractivity contribution in [2.75, 3.05) is 5.32 Å². The van der Waals surface area contributed by atoms with Crippen molar-refractivity contribution < 1.29 is 9.18 Å². The molecule has 106 valence electrons. The van der Waals surface area contributed by atoms with Gasteiger partial charge >= 0.3 is 0 Å². The lowest BCUT2D eigenvalue weighted by Crippen LogP contribution is -2.27. The minimum atomic E-state index is -0.545. The first-order valence-corrected chi connectivity index (χ1v) is 6.92. The van der Waals surface area contributed by atoms with Gasteiger partial charge in [-0.15, -0.1) is 11.3 Å². The van der Waals surface area contributed by atoms with E-state index in [2.05, 4.69) is 5.32 Å². The average Bonchev–Trinajstić information content (AvgIpc) is 2.61. The topological polar surface area (TPSA) is 51.1 Å². The monoisotopic (exact) mass is 294 g/mol. The fraction of sp³-hybridized carbons (Fsp3) is 0.286. The van der Waals surface area contributed by atoms with Crippen molar-refractivity contribution in [1.29, 1.82) is 0 Å². The van der Waals surface area contributed by atoms with E-state index in [1.807, 2.05) is 20.8 Å². The highest BCUT2D eigenvalue weighted by atomic mass is 32.1. The molecule has 0 saturated carbocycles. The molecule has 0 aliphatic carbocycles. The Balaban J connectivity index is 2.15. The van der Waals surface area contributed by atoms with Crippen LogP contribution in [0.4, 0.5) is 9.39 Å². The van der Waals surface area contributed by atoms with E-state index in [9.17, 15) is 14.0 Å². The lowest BCUT2D eigenvalue weighted by molar-refractivity contribution is -0.116. The van der Waals surface area contributed by atoms with Gasteiger partial charge in [-0.1, -0.05) is 0 Å². The van der Waals surface area contributed by atoms with Crippen molar-refractivity contribution in [3.63, 3.8) is 0 Å². The smallest absolute Gasteiger partial charge is 0.251 e. The van der Waals surface area contributed by atoms with E-state index in [1.165, 1.54) is 11.3 Å². The van der Waals surface area contributed by atoms with Gasteiger partial charge in [0, 0.05) is 17.1 Å². The van der Waals surface area contributed by atoms with Gasteiger partial charge in [-0.2, -0.15) is 0 Å². The number of anilines is 1. The molecule has 0 aliphatic heterocycles. The summed E-state index contributed by atoms with van der Waals surface area (Å²) in [6, 6.07) is 2.18. The highest BCUT2D eigenvalue weighted by molar-refractivity contribution is 7.16. The highest BCUT2D eigenvalue weighted by Gasteiger charge is 2.12. The minimum Gasteiger partial charge on any atom is -0.316 e. The second-order valence-corrected chi connectivity index (χ2v) is 5.82. The summed E-state index contributed by atoms with van der Waals surface area (Å²) in [4.78, 5) is 24.6. The number of nitrogens with one attached hydrogen (secondary N) is 1. The van der Waals surface area contributed by atoms with E-state index < -0.39 is 11.4 Å². The molecule has 4 nitrogen and oxygen atoms in total. The Morgan fingerprint density at radius 1 is 1.30 bits per heavy atom. The number of hydrogen-bond acceptors (Lipinski definition) is 3. The molecule has 0 saturated heterocycles. The number of halogens is 1. The second kappa shape index (κ2) is 5.58. The molecular formula is C14H15FN2O2S. The fourth-order valence-corrected chi connectivity index (χ4v) is 2.89. The number of nitrogens with zero attached hydrogens (tertiary/aromatic N) is 1. The number of thiophene rings is 1. The molecule has 0 fully saturated rings. The molecule has 0 spiro atoms. The van der Waals surface area contributed by atoms with Crippen LogP contribution in [-0.2, 0) is 11.3 Å². The predicted octanol–water partition coefficient (Wildman–Crippen LogP) is 2.61. The van der Waals surface area contributed by atoms with E-state index >= 15 is 0 Å². The summed E-state index contributed by atoms with van der Waals surface area (Å²) in [6.07, 6.45) is 1.03. The van der Waals surface area contributed by atoms with E-state index in [1.54, 1.807) is 0 Å². The first-order chi connectivity index (χ1) is 9.38. The number of aryl methyl sites for hydroxylation is 1. The standard InChI is InChI=1S/C14H15FN2O2S/c1-8-9(2)14(20-10(8)3)16-12(18)7-17-6-11(15)4-5-13(17)19/h4-6H,7H2,1-3H3,(H,16,18). The van der Waals surface area contributed by atoms with Crippen molar-refractivity contribution in [1.82, 2.24) is 4.57 Å². The average molecular weight is 294 g/mol. The van der Waals surface area contributed by atoms with Crippen LogP contribution in [0.25, 0.3) is 0 Å². The van der Waals surface area contributed by atoms with Gasteiger partial charge in [0.25, 0.3) is 5.56 Å². The highest BCUT2D eigenvalue weighted by Crippen LogP contribution is 2.31. The van der Waals surface area contributed by atoms with Gasteiger partial charge in [0.2, 0.25) is 5.91 Å². The third-order valence-electron chi connectivity index (χ3n) is 3.20. The van der Waals surface area contributed by atoms with Gasteiger partial charge < -0.3 is 9.88 Å². The summed E-state index contributed by atoms with van der Waals surface area (Å²) in [6.45, 7) is 5.71. The number of hydrogen-bond donors (Lipinski definition) is 1. The molecule has 1 amide bonds. The zero-order chi connectivity index (χ0) is 14.9. The first-order valence-electron chi connectivity index (χ1n) is 6.11. The Labute approximate surface area is 119 Å². The van der Waals surface area contributed by atoms with Crippen LogP contribution in [0.1, 0.15) is 16.0 Å². The molecule has 0 radical (unpaired) electrons. The van der Waals surface area contributed by atoms with Crippen LogP contribution >= 0.6 is 11.3 Å². The SMILES string of the molecule is Cc1sc(NC(=O)Cn2cc(F)ccc2=O)c(C)c1C. The normalized spacial score (nSPS) is 10.6. The van der Waals surface area contributed by atoms with Crippen LogP contribution in [0.5, 0.6) is 0 Å². The van der Waals surface area contributed by atoms with Gasteiger partial charge in [0.15, 0.2) is 0 Å². The Morgan fingerprint density at radius 2 is 2.00 bits per heavy atom. The molecule has 0 bridgehead atoms. The quantitative estimate of drug-likeness (QED) is 0.946. The van der Waals surface area contributed by atoms with Crippen LogP contribution in [0.3, 0.4) is 0 Å². The molecule has 20 heavy (non-hydrogen) atoms. The largest absolute Gasteiger partial charge is 0.316 e. The van der Waals surface area contributed by atoms with Gasteiger partial charge in [0.1, 0.15) is 12.4 Å². The lowest BCUT2D eigenvalue weighted by Gasteiger charge is -2.06. The summed E-state index contributed by atoms with van der Waals surface area (Å²) < 4.78 is 14.1. The molecule has 2 rings (SSSR count). The van der Waals surface area contributed by atoms with Crippen LogP contribution in [-0.4, -0.2) is 10.5 Å². The van der Waals surface area contributed by atoms with Gasteiger partial charge in [-0.3, -0.25) is 9.59 Å². The third kappa shape index (κ3) is 2.96. The molecule has 2 aromatic rings. The predicted molar refractivity (Wildman–Crippen MR) is 77.8 cm³/mol. The molecule has 0 aromatic carbocycles. The van der Waals surface area contributed by atoms with Gasteiger partial charge in [-0.05, 0) is 38.0 Å². The van der Waals surface area contributed by atoms with Crippen LogP contribution in [0, 0.1) is 26.6 Å². The number of pyridine rings is 1. The molecule has 6 heteroatoms. The maximum Gasteiger partial charge on any atom is 0.251 e. The van der Waals surface area contributed by atoms with E-state index in [-0.39, 0.29) is 12.5 Å². The third-order valence-corrected chi connectivity index (χ3v) is 4.43. The zero-order valence-corrected chi connectivity index (χ0v) is 12.3. The van der Waals surface area contributed by atoms with Crippen molar-refractivity contribution in [2.45, 2.75) is 27.3 Å². The summed E-state index contributed by atoms with van der Waals surface area (Å²) in [5, 5.41) is 3.54. The van der Waals surface area contributed by atoms with Gasteiger partial charge in [0.05, 0.1) is 5.00 Å². The number of amides is 1. The van der Waals surface area contributed by atoms with Crippen molar-refractivity contribution in [3.8, 4) is 0 Å². The van der Waals surface area contributed by atoms with Crippen LogP contribution in [0.15, 0.2) is 23.1 Å². The Bertz CT molecular complexity index is 718. The summed E-state index contributed by atoms with van der Waals surface area (Å²) in [7, 11) is 0. The van der Waals surface area contributed by atoms with Crippen LogP contribution < -0.4 is 10.9 Å². The number of carbonyl (C=O) groups is 1. The lowest BCUT2D eigenvalue weighted by atomic mass is 10.2. The maximum atomic E-state index is 13.1. The van der Waals surface area contributed by atoms with Gasteiger partial charge in [-0.25, -0.2) is 4.39 Å².